The third-order valence-electron chi connectivity index (χ3n) is 3.25. The van der Waals surface area contributed by atoms with Gasteiger partial charge in [-0.25, -0.2) is 0 Å². The highest BCUT2D eigenvalue weighted by molar-refractivity contribution is 5.84. The maximum Gasteiger partial charge on any atom is 0.241 e. The molecule has 0 aliphatic carbocycles. The summed E-state index contributed by atoms with van der Waals surface area (Å²) in [4.78, 5) is 25.1. The molecule has 104 valence electrons. The first-order valence-corrected chi connectivity index (χ1v) is 6.98. The number of likely N-dealkylation sites (tertiary alicyclic amines) is 1. The lowest BCUT2D eigenvalue weighted by Crippen LogP contribution is -2.42. The van der Waals surface area contributed by atoms with E-state index >= 15 is 0 Å². The Morgan fingerprint density at radius 1 is 1.06 bits per heavy atom. The summed E-state index contributed by atoms with van der Waals surface area (Å²) in [5.74, 6) is 0.0161. The third-order valence-corrected chi connectivity index (χ3v) is 3.25. The summed E-state index contributed by atoms with van der Waals surface area (Å²) in [6, 6.07) is 0. The molecular formula is C13H25N3O2. The summed E-state index contributed by atoms with van der Waals surface area (Å²) in [5.41, 5.74) is 5.38. The summed E-state index contributed by atoms with van der Waals surface area (Å²) >= 11 is 0. The van der Waals surface area contributed by atoms with Crippen LogP contribution in [0.3, 0.4) is 0 Å². The van der Waals surface area contributed by atoms with Crippen LogP contribution in [0.1, 0.15) is 44.9 Å². The standard InChI is InChI=1S/C13H25N3O2/c14-8-4-1-3-7-12(17)15-11-13(18)16-9-5-2-6-10-16/h1-11,14H2,(H,15,17). The minimum absolute atomic E-state index is 0.0302. The van der Waals surface area contributed by atoms with Gasteiger partial charge >= 0.3 is 0 Å². The number of carbonyl (C=O) groups excluding carboxylic acids is 2. The zero-order valence-electron chi connectivity index (χ0n) is 11.1. The van der Waals surface area contributed by atoms with E-state index in [2.05, 4.69) is 5.32 Å². The minimum atomic E-state index is -0.0302. The fraction of sp³-hybridized carbons (Fsp3) is 0.846. The van der Waals surface area contributed by atoms with E-state index in [-0.39, 0.29) is 18.4 Å². The molecule has 5 heteroatoms. The lowest BCUT2D eigenvalue weighted by Gasteiger charge is -2.26. The number of nitrogens with two attached hydrogens (primary N) is 1. The number of piperidine rings is 1. The van der Waals surface area contributed by atoms with Gasteiger partial charge in [0.05, 0.1) is 6.54 Å². The fourth-order valence-corrected chi connectivity index (χ4v) is 2.12. The summed E-state index contributed by atoms with van der Waals surface area (Å²) in [7, 11) is 0. The number of amides is 2. The molecule has 1 aliphatic heterocycles. The Morgan fingerprint density at radius 2 is 1.78 bits per heavy atom. The maximum atomic E-state index is 11.8. The normalized spacial score (nSPS) is 15.5. The molecule has 1 rings (SSSR count). The van der Waals surface area contributed by atoms with Crippen molar-refractivity contribution in [1.82, 2.24) is 10.2 Å². The average molecular weight is 255 g/mol. The molecule has 2 amide bonds. The molecule has 3 N–H and O–H groups in total. The second kappa shape index (κ2) is 8.91. The molecule has 18 heavy (non-hydrogen) atoms. The van der Waals surface area contributed by atoms with Crippen LogP contribution in [0.25, 0.3) is 0 Å². The highest BCUT2D eigenvalue weighted by Crippen LogP contribution is 2.08. The van der Waals surface area contributed by atoms with Crippen LogP contribution in [-0.2, 0) is 9.59 Å². The SMILES string of the molecule is NCCCCCC(=O)NCC(=O)N1CCCCC1. The molecule has 0 aromatic rings. The molecule has 0 unspecified atom stereocenters. The van der Waals surface area contributed by atoms with E-state index in [4.69, 9.17) is 5.73 Å². The molecule has 0 radical (unpaired) electrons. The Balaban J connectivity index is 2.07. The van der Waals surface area contributed by atoms with Crippen LogP contribution in [0.4, 0.5) is 0 Å². The smallest absolute Gasteiger partial charge is 0.241 e. The molecule has 1 heterocycles. The zero-order valence-corrected chi connectivity index (χ0v) is 11.1. The van der Waals surface area contributed by atoms with E-state index in [0.29, 0.717) is 13.0 Å². The first-order chi connectivity index (χ1) is 8.74. The van der Waals surface area contributed by atoms with E-state index in [1.165, 1.54) is 6.42 Å². The highest BCUT2D eigenvalue weighted by Gasteiger charge is 2.16. The molecule has 0 spiro atoms. The minimum Gasteiger partial charge on any atom is -0.347 e. The number of nitrogens with one attached hydrogen (secondary N) is 1. The Labute approximate surface area is 109 Å². The number of hydrogen-bond acceptors (Lipinski definition) is 3. The van der Waals surface area contributed by atoms with E-state index in [9.17, 15) is 9.59 Å². The van der Waals surface area contributed by atoms with Gasteiger partial charge in [-0.1, -0.05) is 6.42 Å². The van der Waals surface area contributed by atoms with Crippen molar-refractivity contribution < 1.29 is 9.59 Å². The van der Waals surface area contributed by atoms with Crippen LogP contribution in [0.15, 0.2) is 0 Å². The molecule has 1 fully saturated rings. The zero-order chi connectivity index (χ0) is 13.2. The molecule has 0 aromatic heterocycles. The van der Waals surface area contributed by atoms with Crippen LogP contribution in [0, 0.1) is 0 Å². The van der Waals surface area contributed by atoms with Crippen molar-refractivity contribution in [3.8, 4) is 0 Å². The Bertz CT molecular complexity index is 263. The first-order valence-electron chi connectivity index (χ1n) is 6.98. The van der Waals surface area contributed by atoms with Gasteiger partial charge in [-0.2, -0.15) is 0 Å². The van der Waals surface area contributed by atoms with Gasteiger partial charge < -0.3 is 16.0 Å². The summed E-state index contributed by atoms with van der Waals surface area (Å²) < 4.78 is 0. The van der Waals surface area contributed by atoms with Gasteiger partial charge in [0.2, 0.25) is 11.8 Å². The number of hydrogen-bond donors (Lipinski definition) is 2. The second-order valence-corrected chi connectivity index (χ2v) is 4.82. The van der Waals surface area contributed by atoms with Crippen molar-refractivity contribution in [2.24, 2.45) is 5.73 Å². The Morgan fingerprint density at radius 3 is 2.44 bits per heavy atom. The van der Waals surface area contributed by atoms with Gasteiger partial charge in [-0.05, 0) is 38.6 Å². The number of carbonyl (C=O) groups is 2. The molecule has 0 saturated carbocycles. The number of nitrogens with zero attached hydrogens (tertiary/aromatic N) is 1. The van der Waals surface area contributed by atoms with Crippen molar-refractivity contribution in [3.63, 3.8) is 0 Å². The predicted octanol–water partition coefficient (Wildman–Crippen LogP) is 0.634. The molecule has 1 saturated heterocycles. The largest absolute Gasteiger partial charge is 0.347 e. The lowest BCUT2D eigenvalue weighted by atomic mass is 10.1. The van der Waals surface area contributed by atoms with Crippen LogP contribution in [0.2, 0.25) is 0 Å². The van der Waals surface area contributed by atoms with Gasteiger partial charge in [0.1, 0.15) is 0 Å². The van der Waals surface area contributed by atoms with Gasteiger partial charge in [0.25, 0.3) is 0 Å². The van der Waals surface area contributed by atoms with Crippen molar-refractivity contribution in [3.05, 3.63) is 0 Å². The van der Waals surface area contributed by atoms with Crippen LogP contribution >= 0.6 is 0 Å². The van der Waals surface area contributed by atoms with Gasteiger partial charge in [-0.15, -0.1) is 0 Å². The predicted molar refractivity (Wildman–Crippen MR) is 71.0 cm³/mol. The average Bonchev–Trinajstić information content (AvgIpc) is 2.42. The van der Waals surface area contributed by atoms with E-state index in [0.717, 1.165) is 45.2 Å². The summed E-state index contributed by atoms with van der Waals surface area (Å²) in [6.45, 7) is 2.50. The van der Waals surface area contributed by atoms with Crippen molar-refractivity contribution in [2.75, 3.05) is 26.2 Å². The molecule has 5 nitrogen and oxygen atoms in total. The Kier molecular flexibility index (Phi) is 7.41. The molecule has 0 aromatic carbocycles. The van der Waals surface area contributed by atoms with Crippen LogP contribution in [-0.4, -0.2) is 42.9 Å². The van der Waals surface area contributed by atoms with E-state index < -0.39 is 0 Å². The summed E-state index contributed by atoms with van der Waals surface area (Å²) in [5, 5.41) is 2.70. The fourth-order valence-electron chi connectivity index (χ4n) is 2.12. The second-order valence-electron chi connectivity index (χ2n) is 4.82. The van der Waals surface area contributed by atoms with Gasteiger partial charge in [0, 0.05) is 19.5 Å². The highest BCUT2D eigenvalue weighted by atomic mass is 16.2. The molecular weight excluding hydrogens is 230 g/mol. The monoisotopic (exact) mass is 255 g/mol. The third kappa shape index (κ3) is 6.00. The van der Waals surface area contributed by atoms with Crippen molar-refractivity contribution in [1.29, 1.82) is 0 Å². The molecule has 0 atom stereocenters. The summed E-state index contributed by atoms with van der Waals surface area (Å²) in [6.07, 6.45) is 6.65. The maximum absolute atomic E-state index is 11.8. The van der Waals surface area contributed by atoms with Gasteiger partial charge in [0.15, 0.2) is 0 Å². The van der Waals surface area contributed by atoms with Crippen molar-refractivity contribution >= 4 is 11.8 Å². The van der Waals surface area contributed by atoms with Crippen LogP contribution in [0.5, 0.6) is 0 Å². The van der Waals surface area contributed by atoms with Gasteiger partial charge in [-0.3, -0.25) is 9.59 Å². The number of rotatable bonds is 7. The van der Waals surface area contributed by atoms with E-state index in [1.54, 1.807) is 0 Å². The first kappa shape index (κ1) is 15.0. The Hall–Kier alpha value is -1.10. The van der Waals surface area contributed by atoms with Crippen molar-refractivity contribution in [2.45, 2.75) is 44.9 Å². The van der Waals surface area contributed by atoms with E-state index in [1.807, 2.05) is 4.90 Å². The molecule has 1 aliphatic rings. The lowest BCUT2D eigenvalue weighted by molar-refractivity contribution is -0.133. The quantitative estimate of drug-likeness (QED) is 0.655. The van der Waals surface area contributed by atoms with Crippen LogP contribution < -0.4 is 11.1 Å². The topological polar surface area (TPSA) is 75.4 Å². The number of unbranched alkanes of at least 4 members (excludes halogenated alkanes) is 2. The molecule has 0 bridgehead atoms.